The summed E-state index contributed by atoms with van der Waals surface area (Å²) in [6.45, 7) is 7.69. The third-order valence-electron chi connectivity index (χ3n) is 5.19. The summed E-state index contributed by atoms with van der Waals surface area (Å²) in [6.07, 6.45) is 7.85. The van der Waals surface area contributed by atoms with E-state index in [-0.39, 0.29) is 0 Å². The van der Waals surface area contributed by atoms with Crippen molar-refractivity contribution < 1.29 is 0 Å². The Hall–Kier alpha value is -3.02. The molecule has 4 rings (SSSR count). The van der Waals surface area contributed by atoms with Crippen LogP contribution in [0, 0.1) is 13.8 Å². The lowest BCUT2D eigenvalue weighted by molar-refractivity contribution is 0.793. The first-order chi connectivity index (χ1) is 13.1. The highest BCUT2D eigenvalue weighted by Gasteiger charge is 2.19. The van der Waals surface area contributed by atoms with Gasteiger partial charge in [0.2, 0.25) is 5.95 Å². The Labute approximate surface area is 159 Å². The predicted molar refractivity (Wildman–Crippen MR) is 110 cm³/mol. The van der Waals surface area contributed by atoms with Crippen molar-refractivity contribution in [3.63, 3.8) is 0 Å². The zero-order chi connectivity index (χ0) is 19.0. The first kappa shape index (κ1) is 17.4. The van der Waals surface area contributed by atoms with Crippen LogP contribution in [0.3, 0.4) is 0 Å². The second-order valence-electron chi connectivity index (χ2n) is 6.96. The van der Waals surface area contributed by atoms with Gasteiger partial charge in [-0.2, -0.15) is 0 Å². The highest BCUT2D eigenvalue weighted by molar-refractivity contribution is 5.95. The Bertz CT molecular complexity index is 1020. The Morgan fingerprint density at radius 1 is 1.07 bits per heavy atom. The zero-order valence-electron chi connectivity index (χ0n) is 16.0. The van der Waals surface area contributed by atoms with Gasteiger partial charge >= 0.3 is 0 Å². The van der Waals surface area contributed by atoms with Gasteiger partial charge in [0.15, 0.2) is 0 Å². The quantitative estimate of drug-likeness (QED) is 0.720. The first-order valence-electron chi connectivity index (χ1n) is 9.35. The minimum atomic E-state index is 0.753. The molecule has 0 saturated carbocycles. The molecule has 0 atom stereocenters. The second-order valence-corrected chi connectivity index (χ2v) is 6.96. The third-order valence-corrected chi connectivity index (χ3v) is 5.19. The van der Waals surface area contributed by atoms with E-state index < -0.39 is 0 Å². The van der Waals surface area contributed by atoms with Gasteiger partial charge in [-0.25, -0.2) is 19.9 Å². The van der Waals surface area contributed by atoms with E-state index in [0.717, 1.165) is 71.1 Å². The molecule has 0 saturated heterocycles. The smallest absolute Gasteiger partial charge is 0.225 e. The molecule has 1 aliphatic rings. The molecule has 0 aliphatic carbocycles. The molecule has 0 amide bonds. The number of hydrogen-bond acceptors (Lipinski definition) is 6. The lowest BCUT2D eigenvalue weighted by Gasteiger charge is -2.27. The maximum atomic E-state index is 6.34. The van der Waals surface area contributed by atoms with Gasteiger partial charge in [0.25, 0.3) is 0 Å². The Kier molecular flexibility index (Phi) is 4.48. The molecule has 0 radical (unpaired) electrons. The molecule has 2 aromatic heterocycles. The van der Waals surface area contributed by atoms with Crippen molar-refractivity contribution in [1.82, 2.24) is 19.9 Å². The number of rotatable bonds is 3. The van der Waals surface area contributed by atoms with E-state index in [2.05, 4.69) is 32.9 Å². The van der Waals surface area contributed by atoms with Crippen LogP contribution in [0.25, 0.3) is 16.6 Å². The van der Waals surface area contributed by atoms with E-state index >= 15 is 0 Å². The number of nitrogen functional groups attached to an aromatic ring is 1. The summed E-state index contributed by atoms with van der Waals surface area (Å²) in [5, 5.41) is 0. The molecule has 0 unspecified atom stereocenters. The van der Waals surface area contributed by atoms with E-state index in [1.165, 1.54) is 5.57 Å². The van der Waals surface area contributed by atoms with Crippen LogP contribution >= 0.6 is 0 Å². The van der Waals surface area contributed by atoms with E-state index in [1.807, 2.05) is 38.4 Å². The van der Waals surface area contributed by atoms with Gasteiger partial charge in [0.1, 0.15) is 0 Å². The number of benzene rings is 1. The van der Waals surface area contributed by atoms with Crippen LogP contribution in [0.4, 0.5) is 11.6 Å². The fourth-order valence-corrected chi connectivity index (χ4v) is 3.42. The van der Waals surface area contributed by atoms with Gasteiger partial charge in [0, 0.05) is 36.7 Å². The summed E-state index contributed by atoms with van der Waals surface area (Å²) in [5.41, 5.74) is 14.2. The topological polar surface area (TPSA) is 80.8 Å². The van der Waals surface area contributed by atoms with Crippen molar-refractivity contribution in [2.45, 2.75) is 33.6 Å². The van der Waals surface area contributed by atoms with Crippen LogP contribution in [0.1, 0.15) is 35.9 Å². The van der Waals surface area contributed by atoms with Crippen molar-refractivity contribution >= 4 is 28.2 Å². The number of nitrogens with two attached hydrogens (primary N) is 1. The Morgan fingerprint density at radius 2 is 1.81 bits per heavy atom. The average molecular weight is 360 g/mol. The Morgan fingerprint density at radius 3 is 2.48 bits per heavy atom. The van der Waals surface area contributed by atoms with E-state index in [1.54, 1.807) is 0 Å². The van der Waals surface area contributed by atoms with Gasteiger partial charge in [-0.3, -0.25) is 0 Å². The molecule has 0 fully saturated rings. The normalized spacial score (nSPS) is 14.5. The number of hydrogen-bond donors (Lipinski definition) is 1. The van der Waals surface area contributed by atoms with Crippen LogP contribution in [0.15, 0.2) is 30.6 Å². The van der Waals surface area contributed by atoms with Gasteiger partial charge in [-0.1, -0.05) is 13.0 Å². The highest BCUT2D eigenvalue weighted by atomic mass is 15.2. The van der Waals surface area contributed by atoms with Gasteiger partial charge in [-0.15, -0.1) is 0 Å². The summed E-state index contributed by atoms with van der Waals surface area (Å²) in [6, 6.07) is 3.88. The molecule has 1 aromatic carbocycles. The van der Waals surface area contributed by atoms with Crippen LogP contribution in [-0.2, 0) is 6.42 Å². The van der Waals surface area contributed by atoms with Gasteiger partial charge < -0.3 is 10.6 Å². The fourth-order valence-electron chi connectivity index (χ4n) is 3.42. The van der Waals surface area contributed by atoms with Crippen LogP contribution in [-0.4, -0.2) is 33.0 Å². The van der Waals surface area contributed by atoms with E-state index in [4.69, 9.17) is 10.7 Å². The van der Waals surface area contributed by atoms with Crippen molar-refractivity contribution in [3.05, 3.63) is 53.1 Å². The minimum absolute atomic E-state index is 0.753. The Balaban J connectivity index is 1.67. The molecule has 6 nitrogen and oxygen atoms in total. The van der Waals surface area contributed by atoms with Crippen molar-refractivity contribution in [2.24, 2.45) is 0 Å². The molecule has 2 N–H and O–H groups in total. The molecule has 0 bridgehead atoms. The lowest BCUT2D eigenvalue weighted by atomic mass is 9.96. The summed E-state index contributed by atoms with van der Waals surface area (Å²) in [4.78, 5) is 20.6. The summed E-state index contributed by atoms with van der Waals surface area (Å²) >= 11 is 0. The molecule has 138 valence electrons. The number of aryl methyl sites for hydroxylation is 3. The minimum Gasteiger partial charge on any atom is -0.398 e. The van der Waals surface area contributed by atoms with Crippen LogP contribution in [0.5, 0.6) is 0 Å². The molecule has 1 aliphatic heterocycles. The zero-order valence-corrected chi connectivity index (χ0v) is 16.0. The molecule has 3 heterocycles. The first-order valence-corrected chi connectivity index (χ1v) is 9.35. The maximum absolute atomic E-state index is 6.34. The molecule has 27 heavy (non-hydrogen) atoms. The van der Waals surface area contributed by atoms with Crippen molar-refractivity contribution in [2.75, 3.05) is 23.7 Å². The average Bonchev–Trinajstić information content (AvgIpc) is 2.70. The van der Waals surface area contributed by atoms with Crippen molar-refractivity contribution in [1.29, 1.82) is 0 Å². The number of aromatic nitrogens is 4. The summed E-state index contributed by atoms with van der Waals surface area (Å²) in [7, 11) is 0. The number of fused-ring (bicyclic) bond motifs is 1. The third kappa shape index (κ3) is 3.23. The molecular formula is C21H24N6. The molecule has 0 spiro atoms. The molecule has 6 heteroatoms. The molecule has 3 aromatic rings. The summed E-state index contributed by atoms with van der Waals surface area (Å²) < 4.78 is 0. The van der Waals surface area contributed by atoms with E-state index in [9.17, 15) is 0 Å². The summed E-state index contributed by atoms with van der Waals surface area (Å²) in [5.74, 6) is 0.777. The SMILES string of the molecule is CCc1cnc(N2CC=C(c3c(N)ccc4nc(C)c(C)nc34)CC2)nc1. The van der Waals surface area contributed by atoms with Crippen molar-refractivity contribution in [3.8, 4) is 0 Å². The standard InChI is InChI=1S/C21H24N6/c1-4-15-11-23-21(24-12-15)27-9-7-16(8-10-27)19-17(22)5-6-18-20(19)26-14(3)13(2)25-18/h5-7,11-12H,4,8-10,22H2,1-3H3. The van der Waals surface area contributed by atoms with Gasteiger partial charge in [-0.05, 0) is 50.0 Å². The van der Waals surface area contributed by atoms with Crippen LogP contribution in [0.2, 0.25) is 0 Å². The highest BCUT2D eigenvalue weighted by Crippen LogP contribution is 2.33. The number of anilines is 2. The van der Waals surface area contributed by atoms with Gasteiger partial charge in [0.05, 0.1) is 22.4 Å². The molecular weight excluding hydrogens is 336 g/mol. The van der Waals surface area contributed by atoms with E-state index in [0.29, 0.717) is 0 Å². The lowest BCUT2D eigenvalue weighted by Crippen LogP contribution is -2.30. The monoisotopic (exact) mass is 360 g/mol. The van der Waals surface area contributed by atoms with Crippen LogP contribution < -0.4 is 10.6 Å². The maximum Gasteiger partial charge on any atom is 0.225 e. The predicted octanol–water partition coefficient (Wildman–Crippen LogP) is 3.47. The fraction of sp³-hybridized carbons (Fsp3) is 0.333. The second kappa shape index (κ2) is 6.95. The largest absolute Gasteiger partial charge is 0.398 e. The number of nitrogens with zero attached hydrogens (tertiary/aromatic N) is 5.